The molecule has 0 radical (unpaired) electrons. The number of hydrogen-bond acceptors (Lipinski definition) is 5. The smallest absolute Gasteiger partial charge is 0.231 e. The third-order valence-corrected chi connectivity index (χ3v) is 5.35. The Morgan fingerprint density at radius 1 is 1.36 bits per heavy atom. The summed E-state index contributed by atoms with van der Waals surface area (Å²) in [6, 6.07) is 5.79. The zero-order chi connectivity index (χ0) is 18.0. The summed E-state index contributed by atoms with van der Waals surface area (Å²) in [6.45, 7) is 2.79. The average molecular weight is 341 g/mol. The van der Waals surface area contributed by atoms with E-state index in [0.29, 0.717) is 5.69 Å². The second kappa shape index (κ2) is 6.86. The number of guanidine groups is 1. The molecule has 0 spiro atoms. The van der Waals surface area contributed by atoms with Crippen LogP contribution in [0.3, 0.4) is 0 Å². The summed E-state index contributed by atoms with van der Waals surface area (Å²) in [5, 5.41) is 0. The highest BCUT2D eigenvalue weighted by molar-refractivity contribution is 5.99. The first-order chi connectivity index (χ1) is 11.9. The maximum Gasteiger partial charge on any atom is 0.231 e. The number of hydrogen-bond donors (Lipinski definition) is 2. The Hall–Kier alpha value is -2.37. The largest absolute Gasteiger partial charge is 0.398 e. The number of nitrogens with two attached hydrogens (primary N) is 2. The van der Waals surface area contributed by atoms with Crippen LogP contribution in [0.25, 0.3) is 0 Å². The van der Waals surface area contributed by atoms with Crippen molar-refractivity contribution in [2.45, 2.75) is 44.6 Å². The second-order valence-corrected chi connectivity index (χ2v) is 7.36. The summed E-state index contributed by atoms with van der Waals surface area (Å²) in [4.78, 5) is 22.6. The molecule has 0 saturated heterocycles. The van der Waals surface area contributed by atoms with Gasteiger partial charge in [0.15, 0.2) is 5.96 Å². The first kappa shape index (κ1) is 17.5. The number of anilines is 1. The molecule has 3 rings (SSSR count). The van der Waals surface area contributed by atoms with Crippen molar-refractivity contribution in [2.24, 2.45) is 21.6 Å². The summed E-state index contributed by atoms with van der Waals surface area (Å²) in [5.41, 5.74) is 13.9. The molecular weight excluding hydrogens is 314 g/mol. The molecule has 4 N–H and O–H groups in total. The molecule has 1 heterocycles. The maximum atomic E-state index is 12.1. The van der Waals surface area contributed by atoms with Gasteiger partial charge in [0.25, 0.3) is 0 Å². The Morgan fingerprint density at radius 2 is 2.08 bits per heavy atom. The molecule has 6 heteroatoms. The average Bonchev–Trinajstić information content (AvgIpc) is 3.07. The predicted molar refractivity (Wildman–Crippen MR) is 102 cm³/mol. The van der Waals surface area contributed by atoms with Gasteiger partial charge >= 0.3 is 0 Å². The SMILES string of the molecule is CN1C(=O)C[C@@](C)(c2ccc(C=NCC3CCCC3)c(N)c2)N=C1N. The van der Waals surface area contributed by atoms with E-state index in [-0.39, 0.29) is 18.3 Å². The summed E-state index contributed by atoms with van der Waals surface area (Å²) in [5.74, 6) is 0.911. The van der Waals surface area contributed by atoms with Crippen LogP contribution in [-0.4, -0.2) is 36.6 Å². The Kier molecular flexibility index (Phi) is 4.79. The molecule has 1 atom stereocenters. The standard InChI is InChI=1S/C19H27N5O/c1-19(10-17(25)24(2)18(21)23-19)15-8-7-14(16(20)9-15)12-22-11-13-5-3-4-6-13/h7-9,12-13H,3-6,10-11,20H2,1-2H3,(H2,21,23)/t19-/m0/s1. The van der Waals surface area contributed by atoms with E-state index in [9.17, 15) is 4.79 Å². The fourth-order valence-corrected chi connectivity index (χ4v) is 3.60. The molecule has 0 unspecified atom stereocenters. The lowest BCUT2D eigenvalue weighted by Crippen LogP contribution is -2.47. The normalized spacial score (nSPS) is 25.0. The van der Waals surface area contributed by atoms with Crippen LogP contribution in [0.5, 0.6) is 0 Å². The van der Waals surface area contributed by atoms with Crippen molar-refractivity contribution in [2.75, 3.05) is 19.3 Å². The molecule has 134 valence electrons. The molecule has 25 heavy (non-hydrogen) atoms. The van der Waals surface area contributed by atoms with E-state index >= 15 is 0 Å². The van der Waals surface area contributed by atoms with E-state index in [4.69, 9.17) is 11.5 Å². The van der Waals surface area contributed by atoms with Crippen molar-refractivity contribution in [1.29, 1.82) is 0 Å². The maximum absolute atomic E-state index is 12.1. The monoisotopic (exact) mass is 341 g/mol. The van der Waals surface area contributed by atoms with Crippen LogP contribution in [0.2, 0.25) is 0 Å². The number of nitrogen functional groups attached to an aromatic ring is 1. The van der Waals surface area contributed by atoms with Crippen molar-refractivity contribution < 1.29 is 4.79 Å². The number of aliphatic imine (C=N–C) groups is 2. The fourth-order valence-electron chi connectivity index (χ4n) is 3.60. The Morgan fingerprint density at radius 3 is 2.72 bits per heavy atom. The van der Waals surface area contributed by atoms with Crippen LogP contribution < -0.4 is 11.5 Å². The number of nitrogens with zero attached hydrogens (tertiary/aromatic N) is 3. The van der Waals surface area contributed by atoms with Crippen LogP contribution >= 0.6 is 0 Å². The summed E-state index contributed by atoms with van der Waals surface area (Å²) in [6.07, 6.45) is 7.36. The lowest BCUT2D eigenvalue weighted by atomic mass is 9.87. The molecule has 1 aliphatic carbocycles. The van der Waals surface area contributed by atoms with E-state index < -0.39 is 5.54 Å². The quantitative estimate of drug-likeness (QED) is 0.649. The van der Waals surface area contributed by atoms with Crippen LogP contribution in [-0.2, 0) is 10.3 Å². The van der Waals surface area contributed by atoms with Crippen molar-refractivity contribution in [3.05, 3.63) is 29.3 Å². The molecule has 1 aliphatic heterocycles. The van der Waals surface area contributed by atoms with E-state index in [2.05, 4.69) is 9.98 Å². The lowest BCUT2D eigenvalue weighted by molar-refractivity contribution is -0.128. The van der Waals surface area contributed by atoms with Crippen molar-refractivity contribution in [3.8, 4) is 0 Å². The second-order valence-electron chi connectivity index (χ2n) is 7.36. The lowest BCUT2D eigenvalue weighted by Gasteiger charge is -2.33. The molecule has 1 saturated carbocycles. The minimum atomic E-state index is -0.679. The van der Waals surface area contributed by atoms with Gasteiger partial charge in [0.05, 0.1) is 12.0 Å². The van der Waals surface area contributed by atoms with E-state index in [1.54, 1.807) is 7.05 Å². The Bertz CT molecular complexity index is 721. The molecule has 1 aromatic carbocycles. The summed E-state index contributed by atoms with van der Waals surface area (Å²) >= 11 is 0. The zero-order valence-corrected chi connectivity index (χ0v) is 15.0. The molecule has 1 fully saturated rings. The molecule has 6 nitrogen and oxygen atoms in total. The van der Waals surface area contributed by atoms with Crippen molar-refractivity contribution in [1.82, 2.24) is 4.90 Å². The van der Waals surface area contributed by atoms with Crippen LogP contribution in [0, 0.1) is 5.92 Å². The van der Waals surface area contributed by atoms with Gasteiger partial charge in [-0.2, -0.15) is 0 Å². The van der Waals surface area contributed by atoms with Gasteiger partial charge in [0, 0.05) is 31.1 Å². The number of carbonyl (C=O) groups is 1. The van der Waals surface area contributed by atoms with Crippen molar-refractivity contribution in [3.63, 3.8) is 0 Å². The minimum Gasteiger partial charge on any atom is -0.398 e. The first-order valence-electron chi connectivity index (χ1n) is 8.91. The van der Waals surface area contributed by atoms with Gasteiger partial charge in [-0.1, -0.05) is 25.0 Å². The third-order valence-electron chi connectivity index (χ3n) is 5.35. The van der Waals surface area contributed by atoms with Gasteiger partial charge < -0.3 is 11.5 Å². The number of benzene rings is 1. The van der Waals surface area contributed by atoms with Gasteiger partial charge in [-0.3, -0.25) is 14.7 Å². The van der Waals surface area contributed by atoms with Crippen LogP contribution in [0.1, 0.15) is 50.2 Å². The molecule has 0 bridgehead atoms. The molecule has 1 amide bonds. The van der Waals surface area contributed by atoms with Gasteiger partial charge in [0.2, 0.25) is 5.91 Å². The van der Waals surface area contributed by atoms with Gasteiger partial charge in [-0.15, -0.1) is 0 Å². The van der Waals surface area contributed by atoms with Crippen LogP contribution in [0.4, 0.5) is 5.69 Å². The van der Waals surface area contributed by atoms with Gasteiger partial charge in [-0.25, -0.2) is 4.99 Å². The molecule has 2 aliphatic rings. The third kappa shape index (κ3) is 3.67. The van der Waals surface area contributed by atoms with Gasteiger partial charge in [0.1, 0.15) is 0 Å². The topological polar surface area (TPSA) is 97.1 Å². The highest BCUT2D eigenvalue weighted by atomic mass is 16.2. The first-order valence-corrected chi connectivity index (χ1v) is 8.91. The molecular formula is C19H27N5O. The summed E-state index contributed by atoms with van der Waals surface area (Å²) < 4.78 is 0. The number of rotatable bonds is 4. The fraction of sp³-hybridized carbons (Fsp3) is 0.526. The molecule has 0 aromatic heterocycles. The van der Waals surface area contributed by atoms with Gasteiger partial charge in [-0.05, 0) is 37.3 Å². The number of carbonyl (C=O) groups excluding carboxylic acids is 1. The highest BCUT2D eigenvalue weighted by Gasteiger charge is 2.36. The zero-order valence-electron chi connectivity index (χ0n) is 15.0. The number of amides is 1. The van der Waals surface area contributed by atoms with E-state index in [0.717, 1.165) is 23.6 Å². The Balaban J connectivity index is 1.77. The van der Waals surface area contributed by atoms with Crippen molar-refractivity contribution >= 4 is 23.8 Å². The van der Waals surface area contributed by atoms with E-state index in [1.807, 2.05) is 31.3 Å². The highest BCUT2D eigenvalue weighted by Crippen LogP contribution is 2.34. The predicted octanol–water partition coefficient (Wildman–Crippen LogP) is 2.27. The molecule has 1 aromatic rings. The summed E-state index contributed by atoms with van der Waals surface area (Å²) in [7, 11) is 1.64. The van der Waals surface area contributed by atoms with E-state index in [1.165, 1.54) is 30.6 Å². The Labute approximate surface area is 149 Å². The van der Waals surface area contributed by atoms with Crippen LogP contribution in [0.15, 0.2) is 28.2 Å². The minimum absolute atomic E-state index is 0.0456.